The maximum Gasteiger partial charge on any atom is 0.308 e. The standard InChI is InChI=1S/C22H35NO4/c1-15(2)19(25)16-9-11-17(12-10-16)20(26)23(21(3,4)5)14-13-18(24)27-22(6,7)8/h9-12,15,19,25H,13-14H2,1-8H3. The zero-order valence-electron chi connectivity index (χ0n) is 18.0. The Morgan fingerprint density at radius 1 is 1.04 bits per heavy atom. The van der Waals surface area contributed by atoms with Crippen LogP contribution in [0.4, 0.5) is 0 Å². The smallest absolute Gasteiger partial charge is 0.308 e. The Labute approximate surface area is 163 Å². The molecular weight excluding hydrogens is 342 g/mol. The predicted octanol–water partition coefficient (Wildman–Crippen LogP) is 4.35. The zero-order chi connectivity index (χ0) is 21.0. The number of aliphatic hydroxyl groups excluding tert-OH is 1. The molecule has 0 aliphatic heterocycles. The van der Waals surface area contributed by atoms with Gasteiger partial charge in [-0.25, -0.2) is 0 Å². The molecule has 5 nitrogen and oxygen atoms in total. The molecule has 0 aliphatic rings. The molecule has 0 spiro atoms. The van der Waals surface area contributed by atoms with Crippen molar-refractivity contribution in [3.05, 3.63) is 35.4 Å². The van der Waals surface area contributed by atoms with Gasteiger partial charge in [0, 0.05) is 17.6 Å². The van der Waals surface area contributed by atoms with Crippen LogP contribution >= 0.6 is 0 Å². The number of hydrogen-bond donors (Lipinski definition) is 1. The van der Waals surface area contributed by atoms with Crippen molar-refractivity contribution in [1.29, 1.82) is 0 Å². The number of amides is 1. The number of aliphatic hydroxyl groups is 1. The Balaban J connectivity index is 2.91. The fourth-order valence-corrected chi connectivity index (χ4v) is 2.70. The van der Waals surface area contributed by atoms with Crippen LogP contribution in [0.25, 0.3) is 0 Å². The summed E-state index contributed by atoms with van der Waals surface area (Å²) in [5.41, 5.74) is 0.349. The van der Waals surface area contributed by atoms with Crippen molar-refractivity contribution in [3.8, 4) is 0 Å². The van der Waals surface area contributed by atoms with Crippen LogP contribution in [0.2, 0.25) is 0 Å². The van der Waals surface area contributed by atoms with Crippen molar-refractivity contribution in [3.63, 3.8) is 0 Å². The third-order valence-corrected chi connectivity index (χ3v) is 4.15. The molecule has 1 atom stereocenters. The van der Waals surface area contributed by atoms with Gasteiger partial charge < -0.3 is 14.7 Å². The molecule has 1 unspecified atom stereocenters. The highest BCUT2D eigenvalue weighted by molar-refractivity contribution is 5.95. The van der Waals surface area contributed by atoms with Crippen molar-refractivity contribution in [2.75, 3.05) is 6.54 Å². The van der Waals surface area contributed by atoms with E-state index in [9.17, 15) is 14.7 Å². The van der Waals surface area contributed by atoms with E-state index >= 15 is 0 Å². The van der Waals surface area contributed by atoms with Gasteiger partial charge in [0.2, 0.25) is 0 Å². The average molecular weight is 378 g/mol. The monoisotopic (exact) mass is 377 g/mol. The van der Waals surface area contributed by atoms with E-state index in [1.807, 2.05) is 55.4 Å². The van der Waals surface area contributed by atoms with Gasteiger partial charge in [-0.15, -0.1) is 0 Å². The Hall–Kier alpha value is -1.88. The van der Waals surface area contributed by atoms with Crippen molar-refractivity contribution < 1.29 is 19.4 Å². The number of carbonyl (C=O) groups is 2. The highest BCUT2D eigenvalue weighted by atomic mass is 16.6. The van der Waals surface area contributed by atoms with Gasteiger partial charge in [0.05, 0.1) is 12.5 Å². The minimum absolute atomic E-state index is 0.103. The number of esters is 1. The first-order chi connectivity index (χ1) is 12.2. The molecule has 0 aromatic heterocycles. The average Bonchev–Trinajstić information content (AvgIpc) is 2.51. The molecule has 1 amide bonds. The molecular formula is C22H35NO4. The fourth-order valence-electron chi connectivity index (χ4n) is 2.70. The minimum Gasteiger partial charge on any atom is -0.460 e. The van der Waals surface area contributed by atoms with Crippen molar-refractivity contribution >= 4 is 11.9 Å². The van der Waals surface area contributed by atoms with Crippen molar-refractivity contribution in [2.24, 2.45) is 5.92 Å². The third-order valence-electron chi connectivity index (χ3n) is 4.15. The molecule has 0 heterocycles. The maximum atomic E-state index is 13.0. The molecule has 0 saturated carbocycles. The summed E-state index contributed by atoms with van der Waals surface area (Å²) in [5, 5.41) is 10.2. The summed E-state index contributed by atoms with van der Waals surface area (Å²) in [4.78, 5) is 26.7. The van der Waals surface area contributed by atoms with Crippen LogP contribution in [0.15, 0.2) is 24.3 Å². The Kier molecular flexibility index (Phi) is 7.61. The quantitative estimate of drug-likeness (QED) is 0.749. The van der Waals surface area contributed by atoms with Gasteiger partial charge in [0.15, 0.2) is 0 Å². The summed E-state index contributed by atoms with van der Waals surface area (Å²) in [6.07, 6.45) is -0.412. The van der Waals surface area contributed by atoms with Gasteiger partial charge in [-0.2, -0.15) is 0 Å². The molecule has 152 valence electrons. The lowest BCUT2D eigenvalue weighted by Crippen LogP contribution is -2.46. The van der Waals surface area contributed by atoms with E-state index in [1.54, 1.807) is 29.2 Å². The molecule has 1 N–H and O–H groups in total. The second-order valence-corrected chi connectivity index (χ2v) is 9.27. The number of benzene rings is 1. The van der Waals surface area contributed by atoms with E-state index in [2.05, 4.69) is 0 Å². The van der Waals surface area contributed by atoms with Crippen molar-refractivity contribution in [2.45, 2.75) is 79.1 Å². The van der Waals surface area contributed by atoms with Crippen LogP contribution in [0.5, 0.6) is 0 Å². The van der Waals surface area contributed by atoms with Crippen LogP contribution in [-0.4, -0.2) is 39.6 Å². The van der Waals surface area contributed by atoms with Gasteiger partial charge in [-0.3, -0.25) is 9.59 Å². The molecule has 0 saturated heterocycles. The molecule has 27 heavy (non-hydrogen) atoms. The largest absolute Gasteiger partial charge is 0.460 e. The summed E-state index contributed by atoms with van der Waals surface area (Å²) in [6, 6.07) is 7.03. The lowest BCUT2D eigenvalue weighted by molar-refractivity contribution is -0.155. The third kappa shape index (κ3) is 7.33. The molecule has 0 bridgehead atoms. The molecule has 0 fully saturated rings. The Morgan fingerprint density at radius 2 is 1.56 bits per heavy atom. The van der Waals surface area contributed by atoms with Crippen LogP contribution in [0.3, 0.4) is 0 Å². The molecule has 0 aliphatic carbocycles. The first kappa shape index (κ1) is 23.2. The van der Waals surface area contributed by atoms with E-state index < -0.39 is 17.2 Å². The molecule has 1 aromatic carbocycles. The van der Waals surface area contributed by atoms with E-state index in [-0.39, 0.29) is 30.8 Å². The summed E-state index contributed by atoms with van der Waals surface area (Å²) >= 11 is 0. The first-order valence-electron chi connectivity index (χ1n) is 9.54. The van der Waals surface area contributed by atoms with Gasteiger partial charge in [-0.1, -0.05) is 26.0 Å². The zero-order valence-corrected chi connectivity index (χ0v) is 18.0. The maximum absolute atomic E-state index is 13.0. The Morgan fingerprint density at radius 3 is 1.96 bits per heavy atom. The normalized spacial score (nSPS) is 13.4. The van der Waals surface area contributed by atoms with Gasteiger partial charge in [-0.05, 0) is 65.2 Å². The Bertz CT molecular complexity index is 636. The van der Waals surface area contributed by atoms with Crippen LogP contribution in [0, 0.1) is 5.92 Å². The number of carbonyl (C=O) groups excluding carboxylic acids is 2. The second-order valence-electron chi connectivity index (χ2n) is 9.27. The van der Waals surface area contributed by atoms with E-state index in [1.165, 1.54) is 0 Å². The number of ether oxygens (including phenoxy) is 1. The van der Waals surface area contributed by atoms with E-state index in [0.29, 0.717) is 5.56 Å². The number of nitrogens with zero attached hydrogens (tertiary/aromatic N) is 1. The molecule has 1 aromatic rings. The highest BCUT2D eigenvalue weighted by Gasteiger charge is 2.28. The topological polar surface area (TPSA) is 66.8 Å². The van der Waals surface area contributed by atoms with Crippen LogP contribution < -0.4 is 0 Å². The first-order valence-corrected chi connectivity index (χ1v) is 9.54. The number of hydrogen-bond acceptors (Lipinski definition) is 4. The van der Waals surface area contributed by atoms with Crippen LogP contribution in [-0.2, 0) is 9.53 Å². The van der Waals surface area contributed by atoms with Gasteiger partial charge in [0.25, 0.3) is 5.91 Å². The van der Waals surface area contributed by atoms with Gasteiger partial charge >= 0.3 is 5.97 Å². The summed E-state index contributed by atoms with van der Waals surface area (Å²) in [7, 11) is 0. The predicted molar refractivity (Wildman–Crippen MR) is 107 cm³/mol. The van der Waals surface area contributed by atoms with Gasteiger partial charge in [0.1, 0.15) is 5.60 Å². The second kappa shape index (κ2) is 8.87. The van der Waals surface area contributed by atoms with E-state index in [4.69, 9.17) is 4.74 Å². The highest BCUT2D eigenvalue weighted by Crippen LogP contribution is 2.23. The molecule has 1 rings (SSSR count). The molecule has 0 radical (unpaired) electrons. The van der Waals surface area contributed by atoms with Crippen LogP contribution in [0.1, 0.15) is 83.8 Å². The number of rotatable bonds is 6. The summed E-state index contributed by atoms with van der Waals surface area (Å²) in [6.45, 7) is 15.5. The lowest BCUT2D eigenvalue weighted by Gasteiger charge is -2.36. The fraction of sp³-hybridized carbons (Fsp3) is 0.636. The van der Waals surface area contributed by atoms with E-state index in [0.717, 1.165) is 5.56 Å². The summed E-state index contributed by atoms with van der Waals surface area (Å²) < 4.78 is 5.35. The molecule has 5 heteroatoms. The SMILES string of the molecule is CC(C)C(O)c1ccc(C(=O)N(CCC(=O)OC(C)(C)C)C(C)(C)C)cc1. The van der Waals surface area contributed by atoms with Crippen molar-refractivity contribution in [1.82, 2.24) is 4.90 Å². The summed E-state index contributed by atoms with van der Waals surface area (Å²) in [5.74, 6) is -0.358. The minimum atomic E-state index is -0.556. The lowest BCUT2D eigenvalue weighted by atomic mass is 9.97.